The minimum Gasteiger partial charge on any atom is -0.488 e. The quantitative estimate of drug-likeness (QED) is 0.629. The van der Waals surface area contributed by atoms with Gasteiger partial charge in [0, 0.05) is 23.1 Å². The summed E-state index contributed by atoms with van der Waals surface area (Å²) in [7, 11) is 5.43. The number of Topliss-reactive ketones (excluding diaryl/α,β-unsaturated/α-hetero) is 2. The molecule has 0 aromatic heterocycles. The maximum absolute atomic E-state index is 12.1. The molecule has 1 aliphatic heterocycles. The number of carbonyl (C=O) groups excluding carboxylic acids is 2. The monoisotopic (exact) mass is 302 g/mol. The Morgan fingerprint density at radius 1 is 1.04 bits per heavy atom. The Morgan fingerprint density at radius 2 is 1.91 bits per heavy atom. The van der Waals surface area contributed by atoms with Crippen LogP contribution in [0.2, 0.25) is 6.32 Å². The van der Waals surface area contributed by atoms with Crippen LogP contribution in [0, 0.1) is 0 Å². The highest BCUT2D eigenvalue weighted by molar-refractivity contribution is 6.24. The minimum atomic E-state index is -0.0744. The molecule has 2 aromatic rings. The average molecular weight is 302 g/mol. The lowest BCUT2D eigenvalue weighted by Crippen LogP contribution is -2.14. The van der Waals surface area contributed by atoms with Crippen LogP contribution >= 0.6 is 0 Å². The summed E-state index contributed by atoms with van der Waals surface area (Å²) < 4.78 is 5.84. The fourth-order valence-electron chi connectivity index (χ4n) is 3.42. The predicted octanol–water partition coefficient (Wildman–Crippen LogP) is 3.53. The number of ketones is 2. The molecule has 1 aliphatic carbocycles. The molecular formula is C19H15BO3. The van der Waals surface area contributed by atoms with Crippen molar-refractivity contribution < 1.29 is 14.3 Å². The highest BCUT2D eigenvalue weighted by Crippen LogP contribution is 2.41. The molecule has 2 aromatic carbocycles. The van der Waals surface area contributed by atoms with Gasteiger partial charge in [0.1, 0.15) is 12.4 Å². The van der Waals surface area contributed by atoms with E-state index in [1.165, 1.54) is 0 Å². The maximum Gasteiger partial charge on any atom is 0.163 e. The molecule has 2 radical (unpaired) electrons. The van der Waals surface area contributed by atoms with E-state index in [2.05, 4.69) is 6.07 Å². The van der Waals surface area contributed by atoms with Gasteiger partial charge in [-0.25, -0.2) is 0 Å². The van der Waals surface area contributed by atoms with Gasteiger partial charge < -0.3 is 4.74 Å². The summed E-state index contributed by atoms with van der Waals surface area (Å²) in [6.07, 6.45) is 2.45. The summed E-state index contributed by atoms with van der Waals surface area (Å²) in [4.78, 5) is 23.8. The lowest BCUT2D eigenvalue weighted by Gasteiger charge is -2.25. The van der Waals surface area contributed by atoms with E-state index in [4.69, 9.17) is 12.6 Å². The third-order valence-electron chi connectivity index (χ3n) is 4.64. The van der Waals surface area contributed by atoms with Crippen LogP contribution in [0.15, 0.2) is 30.3 Å². The Bertz CT molecular complexity index is 839. The van der Waals surface area contributed by atoms with Crippen molar-refractivity contribution >= 4 is 19.4 Å². The summed E-state index contributed by atoms with van der Waals surface area (Å²) >= 11 is 0. The zero-order chi connectivity index (χ0) is 16.0. The van der Waals surface area contributed by atoms with Gasteiger partial charge >= 0.3 is 0 Å². The van der Waals surface area contributed by atoms with Crippen LogP contribution in [0.5, 0.6) is 5.75 Å². The fourth-order valence-corrected chi connectivity index (χ4v) is 3.42. The SMILES string of the molecule is [B]CC(=O)c1ccc2c(c1)COc1cc3c(cc1-2)CCCC3=O. The van der Waals surface area contributed by atoms with Crippen molar-refractivity contribution in [3.63, 3.8) is 0 Å². The van der Waals surface area contributed by atoms with Gasteiger partial charge in [0.2, 0.25) is 0 Å². The standard InChI is InChI=1S/C19H15BO3/c20-9-18(22)12-4-5-14-13(6-12)10-23-19-8-15-11(7-16(14)19)2-1-3-17(15)21/h4-8H,1-3,9-10H2. The van der Waals surface area contributed by atoms with E-state index in [0.717, 1.165) is 46.4 Å². The van der Waals surface area contributed by atoms with Crippen molar-refractivity contribution in [2.75, 3.05) is 0 Å². The van der Waals surface area contributed by atoms with Gasteiger partial charge in [-0.3, -0.25) is 9.59 Å². The van der Waals surface area contributed by atoms with E-state index in [9.17, 15) is 9.59 Å². The summed E-state index contributed by atoms with van der Waals surface area (Å²) in [5, 5.41) is 0. The number of hydrogen-bond acceptors (Lipinski definition) is 3. The summed E-state index contributed by atoms with van der Waals surface area (Å²) in [6.45, 7) is 0.404. The summed E-state index contributed by atoms with van der Waals surface area (Å²) in [5.74, 6) is 0.881. The smallest absolute Gasteiger partial charge is 0.163 e. The van der Waals surface area contributed by atoms with E-state index in [0.29, 0.717) is 18.6 Å². The highest BCUT2D eigenvalue weighted by Gasteiger charge is 2.24. The van der Waals surface area contributed by atoms with Crippen molar-refractivity contribution in [1.29, 1.82) is 0 Å². The van der Waals surface area contributed by atoms with Crippen LogP contribution in [0.25, 0.3) is 11.1 Å². The molecule has 0 bridgehead atoms. The zero-order valence-corrected chi connectivity index (χ0v) is 12.7. The Hall–Kier alpha value is -2.36. The number of hydrogen-bond donors (Lipinski definition) is 0. The highest BCUT2D eigenvalue weighted by atomic mass is 16.5. The Balaban J connectivity index is 1.83. The normalized spacial score (nSPS) is 15.2. The Labute approximate surface area is 136 Å². The van der Waals surface area contributed by atoms with Gasteiger partial charge in [-0.2, -0.15) is 0 Å². The second kappa shape index (κ2) is 5.37. The number of aryl methyl sites for hydroxylation is 1. The van der Waals surface area contributed by atoms with Crippen LogP contribution in [0.1, 0.15) is 44.7 Å². The van der Waals surface area contributed by atoms with Crippen LogP contribution in [-0.4, -0.2) is 19.4 Å². The van der Waals surface area contributed by atoms with Crippen LogP contribution in [0.3, 0.4) is 0 Å². The summed E-state index contributed by atoms with van der Waals surface area (Å²) in [6, 6.07) is 9.58. The lowest BCUT2D eigenvalue weighted by atomic mass is 9.85. The molecule has 3 nitrogen and oxygen atoms in total. The first-order valence-corrected chi connectivity index (χ1v) is 7.87. The third kappa shape index (κ3) is 2.29. The van der Waals surface area contributed by atoms with E-state index in [1.807, 2.05) is 24.3 Å². The number of rotatable bonds is 2. The molecule has 2 aliphatic rings. The average Bonchev–Trinajstić information content (AvgIpc) is 2.59. The fraction of sp³-hybridized carbons (Fsp3) is 0.263. The molecular weight excluding hydrogens is 287 g/mol. The third-order valence-corrected chi connectivity index (χ3v) is 4.64. The number of benzene rings is 2. The second-order valence-electron chi connectivity index (χ2n) is 6.07. The van der Waals surface area contributed by atoms with E-state index in [1.54, 1.807) is 0 Å². The summed E-state index contributed by atoms with van der Waals surface area (Å²) in [5.41, 5.74) is 5.57. The maximum atomic E-state index is 12.1. The molecule has 0 saturated carbocycles. The van der Waals surface area contributed by atoms with Crippen molar-refractivity contribution in [3.05, 3.63) is 52.6 Å². The first-order valence-electron chi connectivity index (χ1n) is 7.87. The second-order valence-corrected chi connectivity index (χ2v) is 6.07. The van der Waals surface area contributed by atoms with Gasteiger partial charge in [-0.05, 0) is 54.1 Å². The van der Waals surface area contributed by atoms with Gasteiger partial charge in [0.25, 0.3) is 0 Å². The molecule has 0 atom stereocenters. The zero-order valence-electron chi connectivity index (χ0n) is 12.7. The van der Waals surface area contributed by atoms with Crippen LogP contribution < -0.4 is 4.74 Å². The minimum absolute atomic E-state index is 0.00580. The topological polar surface area (TPSA) is 43.4 Å². The lowest BCUT2D eigenvalue weighted by molar-refractivity contribution is 0.0970. The first kappa shape index (κ1) is 14.3. The van der Waals surface area contributed by atoms with Gasteiger partial charge in [-0.15, -0.1) is 0 Å². The molecule has 0 N–H and O–H groups in total. The van der Waals surface area contributed by atoms with Crippen molar-refractivity contribution in [1.82, 2.24) is 0 Å². The largest absolute Gasteiger partial charge is 0.488 e. The Morgan fingerprint density at radius 3 is 2.74 bits per heavy atom. The number of ether oxygens (including phenoxy) is 1. The van der Waals surface area contributed by atoms with Gasteiger partial charge in [-0.1, -0.05) is 12.1 Å². The van der Waals surface area contributed by atoms with Crippen LogP contribution in [-0.2, 0) is 13.0 Å². The van der Waals surface area contributed by atoms with Gasteiger partial charge in [0.05, 0.1) is 7.85 Å². The molecule has 0 amide bonds. The molecule has 0 spiro atoms. The number of carbonyl (C=O) groups is 2. The van der Waals surface area contributed by atoms with Crippen molar-refractivity contribution in [2.24, 2.45) is 0 Å². The van der Waals surface area contributed by atoms with E-state index < -0.39 is 0 Å². The first-order chi connectivity index (χ1) is 11.2. The number of fused-ring (bicyclic) bond motifs is 4. The molecule has 1 heterocycles. The van der Waals surface area contributed by atoms with E-state index in [-0.39, 0.29) is 17.9 Å². The predicted molar refractivity (Wildman–Crippen MR) is 88.4 cm³/mol. The molecule has 0 saturated heterocycles. The Kier molecular flexibility index (Phi) is 3.33. The molecule has 112 valence electrons. The molecule has 23 heavy (non-hydrogen) atoms. The van der Waals surface area contributed by atoms with Crippen molar-refractivity contribution in [2.45, 2.75) is 32.2 Å². The molecule has 0 fully saturated rings. The molecule has 4 heteroatoms. The molecule has 0 unspecified atom stereocenters. The van der Waals surface area contributed by atoms with Crippen molar-refractivity contribution in [3.8, 4) is 16.9 Å². The van der Waals surface area contributed by atoms with Crippen LogP contribution in [0.4, 0.5) is 0 Å². The molecule has 4 rings (SSSR count). The van der Waals surface area contributed by atoms with Gasteiger partial charge in [0.15, 0.2) is 11.6 Å². The van der Waals surface area contributed by atoms with E-state index >= 15 is 0 Å².